The Bertz CT molecular complexity index is 605. The summed E-state index contributed by atoms with van der Waals surface area (Å²) in [6.45, 7) is -0.826. The van der Waals surface area contributed by atoms with Gasteiger partial charge in [0.2, 0.25) is 5.03 Å². The van der Waals surface area contributed by atoms with Crippen LogP contribution in [0.5, 0.6) is 5.75 Å². The molecule has 20 heavy (non-hydrogen) atoms. The molecule has 12 heteroatoms. The first-order valence-corrected chi connectivity index (χ1v) is 6.98. The number of hydrogen-bond donors (Lipinski definition) is 1. The van der Waals surface area contributed by atoms with Crippen molar-refractivity contribution in [1.82, 2.24) is 4.98 Å². The van der Waals surface area contributed by atoms with Gasteiger partial charge in [0, 0.05) is 34.6 Å². The van der Waals surface area contributed by atoms with E-state index in [-0.39, 0.29) is 0 Å². The lowest BCUT2D eigenvalue weighted by Gasteiger charge is -2.17. The number of nitrogens with two attached hydrogens (primary N) is 1. The first-order chi connectivity index (χ1) is 8.97. The molecule has 0 aliphatic carbocycles. The molecule has 0 bridgehead atoms. The Labute approximate surface area is 113 Å². The second-order valence-corrected chi connectivity index (χ2v) is 5.80. The predicted octanol–water partition coefficient (Wildman–Crippen LogP) is 2.30. The first-order valence-electron chi connectivity index (χ1n) is 4.67. The molecule has 0 aliphatic rings. The van der Waals surface area contributed by atoms with E-state index in [1.54, 1.807) is 0 Å². The number of hydrogen-bond acceptors (Lipinski definition) is 5. The SMILES string of the molecule is NCc1c(C(F)F)cnc(S(=O)(=O)Cl)c1OC(F)(F)F. The third-order valence-corrected chi connectivity index (χ3v) is 3.22. The van der Waals surface area contributed by atoms with Crippen molar-refractivity contribution in [3.05, 3.63) is 17.3 Å². The van der Waals surface area contributed by atoms with Crippen molar-refractivity contribution < 1.29 is 35.1 Å². The highest BCUT2D eigenvalue weighted by molar-refractivity contribution is 8.13. The average Bonchev–Trinajstić information content (AvgIpc) is 2.24. The van der Waals surface area contributed by atoms with Gasteiger partial charge < -0.3 is 10.5 Å². The van der Waals surface area contributed by atoms with Crippen LogP contribution in [0.1, 0.15) is 17.6 Å². The molecular formula is C8H6ClF5N2O3S. The number of alkyl halides is 5. The Hall–Kier alpha value is -1.20. The van der Waals surface area contributed by atoms with Gasteiger partial charge in [0.1, 0.15) is 0 Å². The molecule has 0 amide bonds. The van der Waals surface area contributed by atoms with E-state index in [2.05, 4.69) is 9.72 Å². The Morgan fingerprint density at radius 2 is 1.95 bits per heavy atom. The minimum atomic E-state index is -5.33. The summed E-state index contributed by atoms with van der Waals surface area (Å²) in [7, 11) is 0.142. The minimum Gasteiger partial charge on any atom is -0.402 e. The van der Waals surface area contributed by atoms with Crippen molar-refractivity contribution >= 4 is 19.7 Å². The summed E-state index contributed by atoms with van der Waals surface area (Å²) in [5.74, 6) is -1.45. The Morgan fingerprint density at radius 3 is 2.30 bits per heavy atom. The fourth-order valence-corrected chi connectivity index (χ4v) is 2.21. The molecule has 0 aromatic carbocycles. The number of rotatable bonds is 4. The van der Waals surface area contributed by atoms with Crippen LogP contribution in [0.4, 0.5) is 22.0 Å². The number of nitrogens with zero attached hydrogens (tertiary/aromatic N) is 1. The van der Waals surface area contributed by atoms with Gasteiger partial charge in [-0.05, 0) is 0 Å². The molecule has 0 aliphatic heterocycles. The van der Waals surface area contributed by atoms with Crippen LogP contribution in [-0.2, 0) is 15.6 Å². The van der Waals surface area contributed by atoms with E-state index in [9.17, 15) is 30.4 Å². The molecule has 1 aromatic rings. The van der Waals surface area contributed by atoms with Gasteiger partial charge in [-0.1, -0.05) is 0 Å². The summed E-state index contributed by atoms with van der Waals surface area (Å²) in [4.78, 5) is 2.98. The molecule has 0 radical (unpaired) electrons. The van der Waals surface area contributed by atoms with Crippen molar-refractivity contribution in [1.29, 1.82) is 0 Å². The van der Waals surface area contributed by atoms with Gasteiger partial charge in [0.05, 0.1) is 0 Å². The molecule has 0 atom stereocenters. The van der Waals surface area contributed by atoms with Gasteiger partial charge in [0.25, 0.3) is 15.5 Å². The van der Waals surface area contributed by atoms with E-state index < -0.39 is 50.3 Å². The monoisotopic (exact) mass is 340 g/mol. The third-order valence-electron chi connectivity index (χ3n) is 2.03. The molecule has 0 fully saturated rings. The van der Waals surface area contributed by atoms with Gasteiger partial charge >= 0.3 is 6.36 Å². The highest BCUT2D eigenvalue weighted by Gasteiger charge is 2.37. The summed E-state index contributed by atoms with van der Waals surface area (Å²) >= 11 is 0. The highest BCUT2D eigenvalue weighted by Crippen LogP contribution is 2.37. The summed E-state index contributed by atoms with van der Waals surface area (Å²) in [5.41, 5.74) is 3.26. The summed E-state index contributed by atoms with van der Waals surface area (Å²) < 4.78 is 87.7. The van der Waals surface area contributed by atoms with Crippen LogP contribution in [0, 0.1) is 0 Å². The maximum Gasteiger partial charge on any atom is 0.573 e. The Kier molecular flexibility index (Phi) is 4.77. The normalized spacial score (nSPS) is 12.8. The standard InChI is InChI=1S/C8H6ClF5N2O3S/c9-20(17,18)7-5(19-8(12,13)14)3(1-15)4(2-16-7)6(10)11/h2,6H,1,15H2. The van der Waals surface area contributed by atoms with E-state index in [0.717, 1.165) is 0 Å². The quantitative estimate of drug-likeness (QED) is 0.672. The molecule has 0 spiro atoms. The lowest BCUT2D eigenvalue weighted by atomic mass is 10.1. The van der Waals surface area contributed by atoms with Crippen LogP contribution in [0.25, 0.3) is 0 Å². The second kappa shape index (κ2) is 5.66. The van der Waals surface area contributed by atoms with E-state index in [4.69, 9.17) is 16.4 Å². The molecule has 2 N–H and O–H groups in total. The maximum atomic E-state index is 12.6. The number of ether oxygens (including phenoxy) is 1. The van der Waals surface area contributed by atoms with Gasteiger partial charge in [-0.25, -0.2) is 22.2 Å². The highest BCUT2D eigenvalue weighted by atomic mass is 35.7. The molecular weight excluding hydrogens is 335 g/mol. The zero-order valence-corrected chi connectivity index (χ0v) is 10.9. The van der Waals surface area contributed by atoms with Gasteiger partial charge in [0.15, 0.2) is 5.75 Å². The van der Waals surface area contributed by atoms with Crippen molar-refractivity contribution in [2.75, 3.05) is 0 Å². The second-order valence-electron chi connectivity index (χ2n) is 3.32. The van der Waals surface area contributed by atoms with Gasteiger partial charge in [-0.3, -0.25) is 0 Å². The lowest BCUT2D eigenvalue weighted by molar-refractivity contribution is -0.276. The van der Waals surface area contributed by atoms with Crippen LogP contribution in [0.3, 0.4) is 0 Å². The van der Waals surface area contributed by atoms with Crippen LogP contribution in [-0.4, -0.2) is 19.8 Å². The van der Waals surface area contributed by atoms with Crippen LogP contribution >= 0.6 is 10.7 Å². The fourth-order valence-electron chi connectivity index (χ4n) is 1.32. The van der Waals surface area contributed by atoms with E-state index in [1.165, 1.54) is 0 Å². The molecule has 114 valence electrons. The molecule has 0 saturated carbocycles. The number of pyridine rings is 1. The van der Waals surface area contributed by atoms with E-state index in [1.807, 2.05) is 0 Å². The van der Waals surface area contributed by atoms with Crippen molar-refractivity contribution in [2.45, 2.75) is 24.4 Å². The van der Waals surface area contributed by atoms with Gasteiger partial charge in [-0.2, -0.15) is 0 Å². The first kappa shape index (κ1) is 16.9. The smallest absolute Gasteiger partial charge is 0.402 e. The lowest BCUT2D eigenvalue weighted by Crippen LogP contribution is -2.21. The zero-order valence-electron chi connectivity index (χ0n) is 9.29. The molecule has 5 nitrogen and oxygen atoms in total. The Morgan fingerprint density at radius 1 is 1.40 bits per heavy atom. The van der Waals surface area contributed by atoms with E-state index >= 15 is 0 Å². The van der Waals surface area contributed by atoms with E-state index in [0.29, 0.717) is 6.20 Å². The number of halogens is 6. The van der Waals surface area contributed by atoms with Crippen molar-refractivity contribution in [3.8, 4) is 5.75 Å². The predicted molar refractivity (Wildman–Crippen MR) is 56.8 cm³/mol. The van der Waals surface area contributed by atoms with Crippen LogP contribution in [0.15, 0.2) is 11.2 Å². The molecule has 0 saturated heterocycles. The summed E-state index contributed by atoms with van der Waals surface area (Å²) in [6, 6.07) is 0. The molecule has 1 aromatic heterocycles. The minimum absolute atomic E-state index is 0.380. The zero-order chi connectivity index (χ0) is 15.7. The largest absolute Gasteiger partial charge is 0.573 e. The summed E-state index contributed by atoms with van der Waals surface area (Å²) in [6.07, 6.45) is -8.17. The van der Waals surface area contributed by atoms with Gasteiger partial charge in [-0.15, -0.1) is 13.2 Å². The van der Waals surface area contributed by atoms with Crippen molar-refractivity contribution in [2.24, 2.45) is 5.73 Å². The molecule has 1 rings (SSSR count). The third kappa shape index (κ3) is 3.90. The number of aromatic nitrogens is 1. The fraction of sp³-hybridized carbons (Fsp3) is 0.375. The van der Waals surface area contributed by atoms with Crippen molar-refractivity contribution in [3.63, 3.8) is 0 Å². The molecule has 1 heterocycles. The summed E-state index contributed by atoms with van der Waals surface area (Å²) in [5, 5.41) is -1.33. The average molecular weight is 341 g/mol. The topological polar surface area (TPSA) is 82.3 Å². The Balaban J connectivity index is 3.65. The maximum absolute atomic E-state index is 12.6. The van der Waals surface area contributed by atoms with Crippen LogP contribution < -0.4 is 10.5 Å². The molecule has 0 unspecified atom stereocenters. The van der Waals surface area contributed by atoms with Crippen LogP contribution in [0.2, 0.25) is 0 Å².